The fourth-order valence-corrected chi connectivity index (χ4v) is 3.30. The van der Waals surface area contributed by atoms with Crippen LogP contribution in [-0.4, -0.2) is 62.6 Å². The summed E-state index contributed by atoms with van der Waals surface area (Å²) in [6.45, 7) is 3.75. The Labute approximate surface area is 127 Å². The first-order valence-electron chi connectivity index (χ1n) is 6.63. The van der Waals surface area contributed by atoms with Crippen molar-refractivity contribution in [2.24, 2.45) is 5.73 Å². The van der Waals surface area contributed by atoms with Crippen LogP contribution in [0.3, 0.4) is 0 Å². The van der Waals surface area contributed by atoms with Crippen LogP contribution in [0.1, 0.15) is 26.7 Å². The van der Waals surface area contributed by atoms with Crippen molar-refractivity contribution in [3.05, 3.63) is 0 Å². The molecule has 1 saturated heterocycles. The molecule has 20 heavy (non-hydrogen) atoms. The molecule has 1 heterocycles. The van der Waals surface area contributed by atoms with E-state index in [2.05, 4.69) is 0 Å². The third-order valence-electron chi connectivity index (χ3n) is 3.59. The number of amides is 1. The molecule has 1 fully saturated rings. The van der Waals surface area contributed by atoms with Crippen molar-refractivity contribution < 1.29 is 17.9 Å². The molecule has 0 aromatic rings. The quantitative estimate of drug-likeness (QED) is 0.752. The summed E-state index contributed by atoms with van der Waals surface area (Å²) >= 11 is 0. The van der Waals surface area contributed by atoms with E-state index in [4.69, 9.17) is 10.5 Å². The van der Waals surface area contributed by atoms with Crippen molar-refractivity contribution in [1.29, 1.82) is 0 Å². The zero-order chi connectivity index (χ0) is 14.6. The lowest BCUT2D eigenvalue weighted by Gasteiger charge is -2.27. The molecule has 3 atom stereocenters. The first-order chi connectivity index (χ1) is 8.80. The third kappa shape index (κ3) is 5.20. The molecule has 0 aromatic carbocycles. The summed E-state index contributed by atoms with van der Waals surface area (Å²) in [5.41, 5.74) is 5.50. The maximum absolute atomic E-state index is 12.2. The number of carbonyl (C=O) groups excluding carboxylic acids is 1. The van der Waals surface area contributed by atoms with Gasteiger partial charge in [-0.3, -0.25) is 4.79 Å². The Bertz CT molecular complexity index is 416. The van der Waals surface area contributed by atoms with Gasteiger partial charge in [-0.05, 0) is 19.8 Å². The highest BCUT2D eigenvalue weighted by atomic mass is 35.5. The molecule has 1 unspecified atom stereocenters. The molecule has 1 aliphatic heterocycles. The number of hydrogen-bond donors (Lipinski definition) is 1. The van der Waals surface area contributed by atoms with Gasteiger partial charge in [0.15, 0.2) is 9.84 Å². The lowest BCUT2D eigenvalue weighted by atomic mass is 10.1. The minimum atomic E-state index is -3.09. The minimum absolute atomic E-state index is 0. The van der Waals surface area contributed by atoms with Crippen LogP contribution in [0.5, 0.6) is 0 Å². The second-order valence-corrected chi connectivity index (χ2v) is 7.45. The molecule has 0 radical (unpaired) electrons. The van der Waals surface area contributed by atoms with Crippen LogP contribution >= 0.6 is 12.4 Å². The number of halogens is 1. The monoisotopic (exact) mass is 328 g/mol. The predicted octanol–water partition coefficient (Wildman–Crippen LogP) is 0.196. The molecule has 1 amide bonds. The highest BCUT2D eigenvalue weighted by Gasteiger charge is 2.33. The van der Waals surface area contributed by atoms with E-state index in [9.17, 15) is 13.2 Å². The fourth-order valence-electron chi connectivity index (χ4n) is 2.10. The van der Waals surface area contributed by atoms with Crippen molar-refractivity contribution in [1.82, 2.24) is 4.90 Å². The van der Waals surface area contributed by atoms with E-state index in [0.29, 0.717) is 13.0 Å². The first-order valence-corrected chi connectivity index (χ1v) is 8.45. The Morgan fingerprint density at radius 1 is 1.45 bits per heavy atom. The Kier molecular flexibility index (Phi) is 8.01. The number of ether oxygens (including phenoxy) is 1. The van der Waals surface area contributed by atoms with E-state index < -0.39 is 15.9 Å². The normalized spacial score (nSPS) is 24.0. The van der Waals surface area contributed by atoms with Crippen LogP contribution in [-0.2, 0) is 19.4 Å². The van der Waals surface area contributed by atoms with Gasteiger partial charge >= 0.3 is 0 Å². The Balaban J connectivity index is 0.00000361. The van der Waals surface area contributed by atoms with E-state index in [1.165, 1.54) is 4.90 Å². The van der Waals surface area contributed by atoms with Crippen LogP contribution < -0.4 is 5.73 Å². The number of carbonyl (C=O) groups is 1. The average molecular weight is 329 g/mol. The molecule has 1 rings (SSSR count). The fraction of sp³-hybridized carbons (Fsp3) is 0.917. The molecule has 2 N–H and O–H groups in total. The van der Waals surface area contributed by atoms with Crippen LogP contribution in [0.15, 0.2) is 0 Å². The number of likely N-dealkylation sites (N-methyl/N-ethyl adjacent to an activating group) is 1. The molecule has 0 aromatic heterocycles. The molecule has 120 valence electrons. The Morgan fingerprint density at radius 3 is 2.50 bits per heavy atom. The number of sulfone groups is 1. The molecule has 0 aliphatic carbocycles. The van der Waals surface area contributed by atoms with Gasteiger partial charge in [0, 0.05) is 25.4 Å². The molecule has 0 saturated carbocycles. The van der Waals surface area contributed by atoms with Gasteiger partial charge in [-0.25, -0.2) is 8.42 Å². The second-order valence-electron chi connectivity index (χ2n) is 5.06. The summed E-state index contributed by atoms with van der Waals surface area (Å²) in [7, 11) is -1.47. The summed E-state index contributed by atoms with van der Waals surface area (Å²) in [5.74, 6) is -0.0809. The first kappa shape index (κ1) is 19.6. The van der Waals surface area contributed by atoms with Crippen LogP contribution in [0, 0.1) is 0 Å². The molecule has 1 aliphatic rings. The van der Waals surface area contributed by atoms with Gasteiger partial charge in [0.25, 0.3) is 5.91 Å². The molecular weight excluding hydrogens is 304 g/mol. The number of hydrogen-bond acceptors (Lipinski definition) is 5. The summed E-state index contributed by atoms with van der Waals surface area (Å²) in [6, 6.07) is -0.349. The summed E-state index contributed by atoms with van der Waals surface area (Å²) in [4.78, 5) is 13.7. The highest BCUT2D eigenvalue weighted by molar-refractivity contribution is 7.91. The minimum Gasteiger partial charge on any atom is -0.364 e. The van der Waals surface area contributed by atoms with Crippen molar-refractivity contribution in [3.8, 4) is 0 Å². The topological polar surface area (TPSA) is 89.7 Å². The SMILES string of the molecule is CCS(=O)(=O)CC(C)N(C)C(=O)[C@@H]1CC[C@H](CN)O1.Cl. The summed E-state index contributed by atoms with van der Waals surface area (Å²) in [6.07, 6.45) is 0.892. The van der Waals surface area contributed by atoms with Gasteiger partial charge in [-0.15, -0.1) is 12.4 Å². The molecule has 0 bridgehead atoms. The average Bonchev–Trinajstić information content (AvgIpc) is 2.85. The second kappa shape index (κ2) is 8.17. The van der Waals surface area contributed by atoms with Crippen LogP contribution in [0.25, 0.3) is 0 Å². The predicted molar refractivity (Wildman–Crippen MR) is 80.8 cm³/mol. The standard InChI is InChI=1S/C12H24N2O4S.ClH/c1-4-19(16,17)8-9(2)14(3)12(15)11-6-5-10(7-13)18-11;/h9-11H,4-8,13H2,1-3H3;1H/t9?,10-,11+;/m1./s1. The third-order valence-corrected chi connectivity index (χ3v) is 5.46. The van der Waals surface area contributed by atoms with E-state index >= 15 is 0 Å². The van der Waals surface area contributed by atoms with Crippen LogP contribution in [0.2, 0.25) is 0 Å². The maximum Gasteiger partial charge on any atom is 0.251 e. The van der Waals surface area contributed by atoms with Crippen LogP contribution in [0.4, 0.5) is 0 Å². The molecular formula is C12H25ClN2O4S. The van der Waals surface area contributed by atoms with Gasteiger partial charge in [-0.1, -0.05) is 6.92 Å². The number of rotatable bonds is 6. The number of nitrogens with zero attached hydrogens (tertiary/aromatic N) is 1. The molecule has 8 heteroatoms. The van der Waals surface area contributed by atoms with E-state index in [-0.39, 0.29) is 42.0 Å². The van der Waals surface area contributed by atoms with E-state index in [1.807, 2.05) is 0 Å². The Hall–Kier alpha value is -0.370. The molecule has 0 spiro atoms. The van der Waals surface area contributed by atoms with Gasteiger partial charge in [0.2, 0.25) is 0 Å². The smallest absolute Gasteiger partial charge is 0.251 e. The van der Waals surface area contributed by atoms with Gasteiger partial charge in [0.1, 0.15) is 6.10 Å². The maximum atomic E-state index is 12.2. The van der Waals surface area contributed by atoms with E-state index in [0.717, 1.165) is 6.42 Å². The lowest BCUT2D eigenvalue weighted by molar-refractivity contribution is -0.142. The Morgan fingerprint density at radius 2 is 2.05 bits per heavy atom. The van der Waals surface area contributed by atoms with E-state index in [1.54, 1.807) is 20.9 Å². The van der Waals surface area contributed by atoms with Crippen molar-refractivity contribution in [2.45, 2.75) is 44.9 Å². The zero-order valence-electron chi connectivity index (χ0n) is 12.2. The highest BCUT2D eigenvalue weighted by Crippen LogP contribution is 2.21. The summed E-state index contributed by atoms with van der Waals surface area (Å²) in [5, 5.41) is 0. The van der Waals surface area contributed by atoms with Gasteiger partial charge in [-0.2, -0.15) is 0 Å². The van der Waals surface area contributed by atoms with Gasteiger partial charge < -0.3 is 15.4 Å². The largest absolute Gasteiger partial charge is 0.364 e. The van der Waals surface area contributed by atoms with Crippen molar-refractivity contribution in [2.75, 3.05) is 25.1 Å². The van der Waals surface area contributed by atoms with Gasteiger partial charge in [0.05, 0.1) is 11.9 Å². The van der Waals surface area contributed by atoms with Crippen molar-refractivity contribution >= 4 is 28.2 Å². The van der Waals surface area contributed by atoms with Crippen molar-refractivity contribution in [3.63, 3.8) is 0 Å². The lowest BCUT2D eigenvalue weighted by Crippen LogP contribution is -2.45. The summed E-state index contributed by atoms with van der Waals surface area (Å²) < 4.78 is 28.7. The zero-order valence-corrected chi connectivity index (χ0v) is 13.9. The number of nitrogens with two attached hydrogens (primary N) is 1. The molecule has 6 nitrogen and oxygen atoms in total.